The number of aromatic nitrogens is 2. The Kier molecular flexibility index (Phi) is 5.45. The van der Waals surface area contributed by atoms with Crippen molar-refractivity contribution < 1.29 is 27.8 Å². The molecule has 0 aliphatic carbocycles. The molecule has 1 aliphatic heterocycles. The molecule has 1 aromatic rings. The molecule has 25 heavy (non-hydrogen) atoms. The van der Waals surface area contributed by atoms with E-state index < -0.39 is 30.1 Å². The van der Waals surface area contributed by atoms with Gasteiger partial charge in [-0.05, 0) is 27.7 Å². The number of fused-ring (bicyclic) bond motifs is 1. The molecular formula is C15H23F3N4O3. The van der Waals surface area contributed by atoms with Gasteiger partial charge >= 0.3 is 6.18 Å². The lowest BCUT2D eigenvalue weighted by Crippen LogP contribution is -2.46. The van der Waals surface area contributed by atoms with Gasteiger partial charge in [-0.1, -0.05) is 0 Å². The third-order valence-electron chi connectivity index (χ3n) is 3.76. The molecular weight excluding hydrogens is 341 g/mol. The SMILES string of the molecule is C[C@@H](NC(=O)c1cnn2c1CN(C(O)OC(C)(C)C)CC2)C(F)(F)F. The van der Waals surface area contributed by atoms with Gasteiger partial charge in [-0.25, -0.2) is 4.90 Å². The predicted molar refractivity (Wildman–Crippen MR) is 82.5 cm³/mol. The number of alkyl halides is 3. The van der Waals surface area contributed by atoms with Gasteiger partial charge in [0.2, 0.25) is 6.41 Å². The minimum Gasteiger partial charge on any atom is -0.356 e. The van der Waals surface area contributed by atoms with Gasteiger partial charge in [-0.2, -0.15) is 18.3 Å². The summed E-state index contributed by atoms with van der Waals surface area (Å²) in [6, 6.07) is -1.97. The molecule has 1 aliphatic rings. The normalized spacial score (nSPS) is 18.6. The highest BCUT2D eigenvalue weighted by Gasteiger charge is 2.38. The van der Waals surface area contributed by atoms with Crippen LogP contribution >= 0.6 is 0 Å². The number of hydrogen-bond acceptors (Lipinski definition) is 5. The molecule has 0 saturated heterocycles. The summed E-state index contributed by atoms with van der Waals surface area (Å²) in [5.74, 6) is -0.848. The van der Waals surface area contributed by atoms with Crippen molar-refractivity contribution in [2.75, 3.05) is 6.54 Å². The average Bonchev–Trinajstić information content (AvgIpc) is 2.87. The van der Waals surface area contributed by atoms with Crippen molar-refractivity contribution >= 4 is 5.91 Å². The minimum atomic E-state index is -4.52. The van der Waals surface area contributed by atoms with Gasteiger partial charge in [-0.15, -0.1) is 0 Å². The molecule has 10 heteroatoms. The highest BCUT2D eigenvalue weighted by atomic mass is 19.4. The second kappa shape index (κ2) is 6.93. The third-order valence-corrected chi connectivity index (χ3v) is 3.76. The minimum absolute atomic E-state index is 0.0590. The molecule has 2 N–H and O–H groups in total. The van der Waals surface area contributed by atoms with E-state index in [1.807, 2.05) is 5.32 Å². The van der Waals surface area contributed by atoms with Crippen LogP contribution in [0.25, 0.3) is 0 Å². The fourth-order valence-electron chi connectivity index (χ4n) is 2.39. The molecule has 7 nitrogen and oxygen atoms in total. The first-order chi connectivity index (χ1) is 11.4. The summed E-state index contributed by atoms with van der Waals surface area (Å²) in [6.07, 6.45) is -4.46. The van der Waals surface area contributed by atoms with Crippen LogP contribution in [0.2, 0.25) is 0 Å². The molecule has 1 unspecified atom stereocenters. The van der Waals surface area contributed by atoms with E-state index in [9.17, 15) is 23.1 Å². The van der Waals surface area contributed by atoms with Gasteiger partial charge in [0, 0.05) is 13.1 Å². The van der Waals surface area contributed by atoms with Crippen molar-refractivity contribution in [2.45, 2.75) is 65.0 Å². The largest absolute Gasteiger partial charge is 0.408 e. The lowest BCUT2D eigenvalue weighted by molar-refractivity contribution is -0.244. The smallest absolute Gasteiger partial charge is 0.356 e. The van der Waals surface area contributed by atoms with E-state index in [1.54, 1.807) is 30.4 Å². The highest BCUT2D eigenvalue weighted by Crippen LogP contribution is 2.23. The molecule has 2 rings (SSSR count). The highest BCUT2D eigenvalue weighted by molar-refractivity contribution is 5.95. The first kappa shape index (κ1) is 19.7. The first-order valence-corrected chi connectivity index (χ1v) is 7.90. The topological polar surface area (TPSA) is 79.6 Å². The summed E-state index contributed by atoms with van der Waals surface area (Å²) in [5.41, 5.74) is -0.0714. The van der Waals surface area contributed by atoms with E-state index in [0.29, 0.717) is 18.8 Å². The molecule has 2 atom stereocenters. The molecule has 2 heterocycles. The second-order valence-corrected chi connectivity index (χ2v) is 6.99. The van der Waals surface area contributed by atoms with Gasteiger partial charge in [0.15, 0.2) is 0 Å². The maximum Gasteiger partial charge on any atom is 0.408 e. The van der Waals surface area contributed by atoms with Crippen molar-refractivity contribution in [1.29, 1.82) is 0 Å². The number of rotatable bonds is 4. The number of halogens is 3. The summed E-state index contributed by atoms with van der Waals surface area (Å²) in [5, 5.41) is 16.1. The lowest BCUT2D eigenvalue weighted by atomic mass is 10.1. The molecule has 0 bridgehead atoms. The lowest BCUT2D eigenvalue weighted by Gasteiger charge is -2.35. The third kappa shape index (κ3) is 4.93. The summed E-state index contributed by atoms with van der Waals surface area (Å²) >= 11 is 0. The van der Waals surface area contributed by atoms with Crippen molar-refractivity contribution in [3.8, 4) is 0 Å². The first-order valence-electron chi connectivity index (χ1n) is 7.90. The zero-order chi connectivity index (χ0) is 19.0. The van der Waals surface area contributed by atoms with E-state index >= 15 is 0 Å². The molecule has 0 spiro atoms. The number of ether oxygens (including phenoxy) is 1. The van der Waals surface area contributed by atoms with E-state index in [4.69, 9.17) is 4.74 Å². The number of carbonyl (C=O) groups excluding carboxylic acids is 1. The van der Waals surface area contributed by atoms with Crippen LogP contribution in [0, 0.1) is 0 Å². The van der Waals surface area contributed by atoms with Crippen molar-refractivity contribution in [3.63, 3.8) is 0 Å². The van der Waals surface area contributed by atoms with E-state index in [0.717, 1.165) is 6.92 Å². The molecule has 0 fully saturated rings. The maximum atomic E-state index is 12.6. The zero-order valence-corrected chi connectivity index (χ0v) is 14.6. The van der Waals surface area contributed by atoms with Crippen LogP contribution in [-0.4, -0.2) is 56.5 Å². The van der Waals surface area contributed by atoms with Gasteiger partial charge < -0.3 is 15.2 Å². The fraction of sp³-hybridized carbons (Fsp3) is 0.733. The maximum absolute atomic E-state index is 12.6. The van der Waals surface area contributed by atoms with Crippen molar-refractivity contribution in [3.05, 3.63) is 17.5 Å². The zero-order valence-electron chi connectivity index (χ0n) is 14.6. The average molecular weight is 364 g/mol. The predicted octanol–water partition coefficient (Wildman–Crippen LogP) is 1.47. The second-order valence-electron chi connectivity index (χ2n) is 6.99. The van der Waals surface area contributed by atoms with Crippen molar-refractivity contribution in [1.82, 2.24) is 20.0 Å². The summed E-state index contributed by atoms with van der Waals surface area (Å²) < 4.78 is 44.9. The van der Waals surface area contributed by atoms with Crippen LogP contribution < -0.4 is 5.32 Å². The van der Waals surface area contributed by atoms with Crippen LogP contribution in [-0.2, 0) is 17.8 Å². The van der Waals surface area contributed by atoms with E-state index in [1.165, 1.54) is 6.20 Å². The van der Waals surface area contributed by atoms with Gasteiger partial charge in [-0.3, -0.25) is 9.48 Å². The monoisotopic (exact) mass is 364 g/mol. The standard InChI is InChI=1S/C15H23F3N4O3/c1-9(15(16,17)18)20-12(23)10-7-19-22-6-5-21(8-11(10)22)13(24)25-14(2,3)4/h7,9,13,24H,5-6,8H2,1-4H3,(H,20,23)/t9-,13?/m1/s1. The van der Waals surface area contributed by atoms with Gasteiger partial charge in [0.05, 0.1) is 29.6 Å². The molecule has 0 saturated carbocycles. The summed E-state index contributed by atoms with van der Waals surface area (Å²) in [4.78, 5) is 13.8. The number of amides is 1. The Balaban J connectivity index is 2.12. The molecule has 0 radical (unpaired) electrons. The molecule has 1 amide bonds. The number of aliphatic hydroxyl groups excluding tert-OH is 1. The quantitative estimate of drug-likeness (QED) is 0.791. The number of aliphatic hydroxyl groups is 1. The number of hydrogen-bond donors (Lipinski definition) is 2. The van der Waals surface area contributed by atoms with Gasteiger partial charge in [0.25, 0.3) is 5.91 Å². The Morgan fingerprint density at radius 1 is 1.36 bits per heavy atom. The van der Waals surface area contributed by atoms with Gasteiger partial charge in [0.1, 0.15) is 6.04 Å². The van der Waals surface area contributed by atoms with Crippen LogP contribution in [0.5, 0.6) is 0 Å². The van der Waals surface area contributed by atoms with Crippen LogP contribution in [0.3, 0.4) is 0 Å². The fourth-order valence-corrected chi connectivity index (χ4v) is 2.39. The molecule has 0 aromatic carbocycles. The van der Waals surface area contributed by atoms with Crippen LogP contribution in [0.15, 0.2) is 6.20 Å². The number of nitrogens with zero attached hydrogens (tertiary/aromatic N) is 3. The van der Waals surface area contributed by atoms with Crippen molar-refractivity contribution in [2.24, 2.45) is 0 Å². The van der Waals surface area contributed by atoms with E-state index in [-0.39, 0.29) is 12.1 Å². The Bertz CT molecular complexity index is 625. The Labute approximate surface area is 143 Å². The number of carbonyl (C=O) groups is 1. The Morgan fingerprint density at radius 3 is 2.56 bits per heavy atom. The van der Waals surface area contributed by atoms with Crippen LogP contribution in [0.4, 0.5) is 13.2 Å². The Morgan fingerprint density at radius 2 is 2.00 bits per heavy atom. The molecule has 142 valence electrons. The molecule has 1 aromatic heterocycles. The van der Waals surface area contributed by atoms with E-state index in [2.05, 4.69) is 5.10 Å². The number of nitrogens with one attached hydrogen (secondary N) is 1. The summed E-state index contributed by atoms with van der Waals surface area (Å²) in [6.45, 7) is 7.22. The van der Waals surface area contributed by atoms with Crippen LogP contribution in [0.1, 0.15) is 43.7 Å². The summed E-state index contributed by atoms with van der Waals surface area (Å²) in [7, 11) is 0. The Hall–Kier alpha value is -1.65.